The molecule has 0 aromatic heterocycles. The Kier molecular flexibility index (Phi) is 8.86. The van der Waals surface area contributed by atoms with Gasteiger partial charge in [-0.2, -0.15) is 0 Å². The van der Waals surface area contributed by atoms with Crippen LogP contribution in [0.4, 0.5) is 5.69 Å². The van der Waals surface area contributed by atoms with E-state index in [2.05, 4.69) is 14.8 Å². The summed E-state index contributed by atoms with van der Waals surface area (Å²) in [5.74, 6) is -0.653. The fourth-order valence-corrected chi connectivity index (χ4v) is 4.14. The lowest BCUT2D eigenvalue weighted by Gasteiger charge is -2.17. The number of hydrogen-bond acceptors (Lipinski definition) is 7. The van der Waals surface area contributed by atoms with Crippen LogP contribution in [0.2, 0.25) is 0 Å². The molecular formula is C23H28N2O7S. The molecule has 2 aromatic carbocycles. The van der Waals surface area contributed by atoms with Crippen LogP contribution in [-0.2, 0) is 19.6 Å². The van der Waals surface area contributed by atoms with Gasteiger partial charge in [0, 0.05) is 12.6 Å². The molecule has 2 rings (SSSR count). The molecule has 0 unspecified atom stereocenters. The van der Waals surface area contributed by atoms with E-state index in [-0.39, 0.29) is 33.6 Å². The number of methoxy groups -OCH3 is 3. The van der Waals surface area contributed by atoms with Crippen molar-refractivity contribution in [1.82, 2.24) is 5.32 Å². The van der Waals surface area contributed by atoms with Crippen LogP contribution in [0.3, 0.4) is 0 Å². The molecule has 0 spiro atoms. The lowest BCUT2D eigenvalue weighted by Crippen LogP contribution is -2.28. The highest BCUT2D eigenvalue weighted by molar-refractivity contribution is 7.92. The van der Waals surface area contributed by atoms with Crippen molar-refractivity contribution in [3.63, 3.8) is 0 Å². The quantitative estimate of drug-likeness (QED) is 0.399. The summed E-state index contributed by atoms with van der Waals surface area (Å²) in [4.78, 5) is 23.8. The van der Waals surface area contributed by atoms with Gasteiger partial charge in [0.1, 0.15) is 4.90 Å². The first-order chi connectivity index (χ1) is 15.6. The predicted molar refractivity (Wildman–Crippen MR) is 125 cm³/mol. The molecule has 10 heteroatoms. The van der Waals surface area contributed by atoms with Crippen molar-refractivity contribution in [3.8, 4) is 11.5 Å². The van der Waals surface area contributed by atoms with E-state index in [0.717, 1.165) is 6.08 Å². The number of sulfonamides is 1. The molecule has 2 aromatic rings. The Hall–Kier alpha value is -3.53. The Labute approximate surface area is 193 Å². The monoisotopic (exact) mass is 476 g/mol. The van der Waals surface area contributed by atoms with Crippen molar-refractivity contribution in [2.45, 2.75) is 18.7 Å². The fourth-order valence-electron chi connectivity index (χ4n) is 2.84. The summed E-state index contributed by atoms with van der Waals surface area (Å²) in [5, 5.41) is 2.78. The molecule has 0 atom stereocenters. The molecule has 178 valence electrons. The average molecular weight is 477 g/mol. The number of hydrogen-bond donors (Lipinski definition) is 2. The van der Waals surface area contributed by atoms with E-state index in [1.165, 1.54) is 51.7 Å². The minimum Gasteiger partial charge on any atom is -0.493 e. The van der Waals surface area contributed by atoms with E-state index in [4.69, 9.17) is 9.47 Å². The maximum absolute atomic E-state index is 13.3. The molecule has 0 saturated heterocycles. The second-order valence-corrected chi connectivity index (χ2v) is 9.02. The Bertz CT molecular complexity index is 1140. The van der Waals surface area contributed by atoms with Crippen LogP contribution < -0.4 is 19.5 Å². The zero-order valence-electron chi connectivity index (χ0n) is 19.2. The second kappa shape index (κ2) is 11.4. The van der Waals surface area contributed by atoms with E-state index in [9.17, 15) is 18.0 Å². The lowest BCUT2D eigenvalue weighted by atomic mass is 10.1. The largest absolute Gasteiger partial charge is 0.493 e. The second-order valence-electron chi connectivity index (χ2n) is 7.37. The Morgan fingerprint density at radius 1 is 1.06 bits per heavy atom. The van der Waals surface area contributed by atoms with Crippen molar-refractivity contribution in [1.29, 1.82) is 0 Å². The van der Waals surface area contributed by atoms with Gasteiger partial charge in [0.05, 0.1) is 32.6 Å². The molecule has 0 saturated carbocycles. The molecule has 0 aliphatic heterocycles. The van der Waals surface area contributed by atoms with Gasteiger partial charge in [-0.3, -0.25) is 9.52 Å². The molecule has 0 aliphatic rings. The van der Waals surface area contributed by atoms with Gasteiger partial charge in [0.15, 0.2) is 11.5 Å². The third-order valence-corrected chi connectivity index (χ3v) is 5.83. The first-order valence-electron chi connectivity index (χ1n) is 10.0. The number of benzene rings is 2. The van der Waals surface area contributed by atoms with Crippen LogP contribution in [-0.4, -0.2) is 48.2 Å². The zero-order chi connectivity index (χ0) is 24.6. The van der Waals surface area contributed by atoms with Crippen LogP contribution >= 0.6 is 0 Å². The topological polar surface area (TPSA) is 120 Å². The number of nitrogens with one attached hydrogen (secondary N) is 2. The Balaban J connectivity index is 2.51. The van der Waals surface area contributed by atoms with Crippen LogP contribution in [0.5, 0.6) is 11.5 Å². The van der Waals surface area contributed by atoms with Gasteiger partial charge in [0.25, 0.3) is 15.9 Å². The third-order valence-electron chi connectivity index (χ3n) is 4.46. The summed E-state index contributed by atoms with van der Waals surface area (Å²) in [6, 6.07) is 9.12. The number of ether oxygens (including phenoxy) is 3. The van der Waals surface area contributed by atoms with Crippen LogP contribution in [0.1, 0.15) is 29.8 Å². The molecule has 1 amide bonds. The van der Waals surface area contributed by atoms with Gasteiger partial charge in [-0.15, -0.1) is 0 Å². The SMILES string of the molecule is COC(=O)/C=C/c1cc(OC)c(OC)c(S(=O)(=O)Nc2ccccc2C(=O)NCC(C)C)c1. The van der Waals surface area contributed by atoms with Gasteiger partial charge in [-0.1, -0.05) is 26.0 Å². The first kappa shape index (κ1) is 25.7. The molecule has 0 aliphatic carbocycles. The van der Waals surface area contributed by atoms with Gasteiger partial charge in [0.2, 0.25) is 0 Å². The van der Waals surface area contributed by atoms with Crippen LogP contribution in [0.15, 0.2) is 47.4 Å². The summed E-state index contributed by atoms with van der Waals surface area (Å²) in [6.45, 7) is 4.35. The molecule has 0 fully saturated rings. The highest BCUT2D eigenvalue weighted by atomic mass is 32.2. The molecule has 9 nitrogen and oxygen atoms in total. The number of rotatable bonds is 10. The number of para-hydroxylation sites is 1. The average Bonchev–Trinajstić information content (AvgIpc) is 2.80. The number of carbonyl (C=O) groups excluding carboxylic acids is 2. The van der Waals surface area contributed by atoms with E-state index in [1.807, 2.05) is 13.8 Å². The third kappa shape index (κ3) is 6.72. The highest BCUT2D eigenvalue weighted by Gasteiger charge is 2.25. The van der Waals surface area contributed by atoms with Gasteiger partial charge >= 0.3 is 5.97 Å². The summed E-state index contributed by atoms with van der Waals surface area (Å²) in [6.07, 6.45) is 2.54. The van der Waals surface area contributed by atoms with E-state index < -0.39 is 21.9 Å². The molecule has 33 heavy (non-hydrogen) atoms. The summed E-state index contributed by atoms with van der Waals surface area (Å²) >= 11 is 0. The van der Waals surface area contributed by atoms with E-state index in [0.29, 0.717) is 12.1 Å². The van der Waals surface area contributed by atoms with Crippen molar-refractivity contribution in [2.24, 2.45) is 5.92 Å². The zero-order valence-corrected chi connectivity index (χ0v) is 20.0. The van der Waals surface area contributed by atoms with E-state index >= 15 is 0 Å². The van der Waals surface area contributed by atoms with Crippen LogP contribution in [0, 0.1) is 5.92 Å². The Morgan fingerprint density at radius 2 is 1.76 bits per heavy atom. The van der Waals surface area contributed by atoms with Crippen molar-refractivity contribution >= 4 is 33.7 Å². The van der Waals surface area contributed by atoms with Gasteiger partial charge in [-0.05, 0) is 41.8 Å². The molecule has 0 radical (unpaired) electrons. The number of esters is 1. The highest BCUT2D eigenvalue weighted by Crippen LogP contribution is 2.37. The molecule has 2 N–H and O–H groups in total. The molecule has 0 heterocycles. The van der Waals surface area contributed by atoms with Gasteiger partial charge in [-0.25, -0.2) is 13.2 Å². The minimum absolute atomic E-state index is 0.0260. The number of amides is 1. The number of anilines is 1. The van der Waals surface area contributed by atoms with Crippen LogP contribution in [0.25, 0.3) is 6.08 Å². The standard InChI is InChI=1S/C23H28N2O7S/c1-15(2)14-24-23(27)17-8-6-7-9-18(17)25-33(28,29)20-13-16(10-11-21(26)31-4)12-19(30-3)22(20)32-5/h6-13,15,25H,14H2,1-5H3,(H,24,27)/b11-10+. The normalized spacial score (nSPS) is 11.3. The maximum atomic E-state index is 13.3. The summed E-state index contributed by atoms with van der Waals surface area (Å²) in [5.41, 5.74) is 0.645. The molecular weight excluding hydrogens is 448 g/mol. The van der Waals surface area contributed by atoms with Crippen molar-refractivity contribution in [3.05, 3.63) is 53.6 Å². The minimum atomic E-state index is -4.23. The fraction of sp³-hybridized carbons (Fsp3) is 0.304. The van der Waals surface area contributed by atoms with Gasteiger partial charge < -0.3 is 19.5 Å². The van der Waals surface area contributed by atoms with Crippen molar-refractivity contribution in [2.75, 3.05) is 32.6 Å². The summed E-state index contributed by atoms with van der Waals surface area (Å²) < 4.78 is 44.3. The lowest BCUT2D eigenvalue weighted by molar-refractivity contribution is -0.134. The smallest absolute Gasteiger partial charge is 0.330 e. The maximum Gasteiger partial charge on any atom is 0.330 e. The summed E-state index contributed by atoms with van der Waals surface area (Å²) in [7, 11) is -0.317. The molecule has 0 bridgehead atoms. The number of carbonyl (C=O) groups is 2. The predicted octanol–water partition coefficient (Wildman–Crippen LogP) is 3.08. The Morgan fingerprint density at radius 3 is 2.36 bits per heavy atom. The van der Waals surface area contributed by atoms with E-state index in [1.54, 1.807) is 12.1 Å². The first-order valence-corrected chi connectivity index (χ1v) is 11.5. The van der Waals surface area contributed by atoms with Crippen molar-refractivity contribution < 1.29 is 32.2 Å².